The van der Waals surface area contributed by atoms with Crippen LogP contribution in [0.1, 0.15) is 10.4 Å². The average molecular weight is 313 g/mol. The summed E-state index contributed by atoms with van der Waals surface area (Å²) >= 11 is 13.4. The summed E-state index contributed by atoms with van der Waals surface area (Å²) in [6.45, 7) is 0. The van der Waals surface area contributed by atoms with Gasteiger partial charge in [-0.05, 0) is 24.3 Å². The molecule has 0 amide bonds. The van der Waals surface area contributed by atoms with Gasteiger partial charge in [0.25, 0.3) is 0 Å². The number of pyridine rings is 1. The van der Waals surface area contributed by atoms with E-state index in [9.17, 15) is 4.79 Å². The van der Waals surface area contributed by atoms with Crippen molar-refractivity contribution in [1.29, 1.82) is 0 Å². The van der Waals surface area contributed by atoms with E-state index in [1.807, 2.05) is 6.07 Å². The minimum atomic E-state index is -1.000. The second-order valence-electron chi connectivity index (χ2n) is 3.81. The van der Waals surface area contributed by atoms with Crippen LogP contribution < -0.4 is 0 Å². The molecule has 0 unspecified atom stereocenters. The van der Waals surface area contributed by atoms with Gasteiger partial charge in [-0.2, -0.15) is 0 Å². The van der Waals surface area contributed by atoms with Gasteiger partial charge >= 0.3 is 5.97 Å². The highest BCUT2D eigenvalue weighted by Gasteiger charge is 2.14. The summed E-state index contributed by atoms with van der Waals surface area (Å²) in [5, 5.41) is 9.24. The summed E-state index contributed by atoms with van der Waals surface area (Å²) < 4.78 is 2.40. The second-order valence-corrected chi connectivity index (χ2v) is 5.88. The van der Waals surface area contributed by atoms with Gasteiger partial charge in [-0.15, -0.1) is 11.3 Å². The Morgan fingerprint density at radius 1 is 1.32 bits per heavy atom. The first kappa shape index (κ1) is 12.5. The van der Waals surface area contributed by atoms with E-state index in [0.717, 1.165) is 4.88 Å². The first-order valence-corrected chi connectivity index (χ1v) is 6.80. The smallest absolute Gasteiger partial charge is 0.335 e. The molecule has 0 aliphatic carbocycles. The summed E-state index contributed by atoms with van der Waals surface area (Å²) in [5.41, 5.74) is 0.728. The summed E-state index contributed by atoms with van der Waals surface area (Å²) in [5.74, 6) is -0.352. The van der Waals surface area contributed by atoms with Crippen LogP contribution in [0, 0.1) is 0 Å². The Hall–Kier alpha value is -1.56. The van der Waals surface area contributed by atoms with E-state index in [-0.39, 0.29) is 10.7 Å². The molecule has 7 heteroatoms. The Labute approximate surface area is 121 Å². The number of rotatable bonds is 2. The van der Waals surface area contributed by atoms with Gasteiger partial charge in [0.2, 0.25) is 0 Å². The van der Waals surface area contributed by atoms with Gasteiger partial charge < -0.3 is 5.11 Å². The first-order valence-electron chi connectivity index (χ1n) is 5.23. The Balaban J connectivity index is 2.25. The van der Waals surface area contributed by atoms with Crippen molar-refractivity contribution in [3.8, 4) is 10.7 Å². The number of hydrogen-bond acceptors (Lipinski definition) is 3. The van der Waals surface area contributed by atoms with Crippen molar-refractivity contribution < 1.29 is 9.90 Å². The third-order valence-corrected chi connectivity index (χ3v) is 4.14. The van der Waals surface area contributed by atoms with E-state index in [2.05, 4.69) is 4.98 Å². The van der Waals surface area contributed by atoms with Crippen molar-refractivity contribution in [2.75, 3.05) is 0 Å². The van der Waals surface area contributed by atoms with Crippen molar-refractivity contribution in [3.63, 3.8) is 0 Å². The SMILES string of the molecule is O=C(O)c1ccn2c(-c3ccc(Cl)s3)nc(Cl)c2c1. The number of aromatic carboxylic acids is 1. The molecule has 19 heavy (non-hydrogen) atoms. The molecule has 96 valence electrons. The zero-order valence-electron chi connectivity index (χ0n) is 9.30. The molecule has 0 atom stereocenters. The van der Waals surface area contributed by atoms with E-state index in [4.69, 9.17) is 28.3 Å². The van der Waals surface area contributed by atoms with Gasteiger partial charge in [0.1, 0.15) is 0 Å². The van der Waals surface area contributed by atoms with Crippen LogP contribution in [0.15, 0.2) is 30.5 Å². The van der Waals surface area contributed by atoms with Gasteiger partial charge in [0.15, 0.2) is 11.0 Å². The molecule has 0 fully saturated rings. The minimum Gasteiger partial charge on any atom is -0.478 e. The quantitative estimate of drug-likeness (QED) is 0.776. The van der Waals surface area contributed by atoms with Gasteiger partial charge in [-0.25, -0.2) is 9.78 Å². The van der Waals surface area contributed by atoms with Crippen LogP contribution in [-0.2, 0) is 0 Å². The lowest BCUT2D eigenvalue weighted by Crippen LogP contribution is -1.97. The molecule has 3 rings (SSSR count). The predicted molar refractivity (Wildman–Crippen MR) is 75.5 cm³/mol. The number of thiophene rings is 1. The Morgan fingerprint density at radius 2 is 2.11 bits per heavy atom. The number of hydrogen-bond donors (Lipinski definition) is 1. The third kappa shape index (κ3) is 2.10. The molecule has 3 heterocycles. The minimum absolute atomic E-state index is 0.171. The third-order valence-electron chi connectivity index (χ3n) is 2.64. The molecule has 0 saturated carbocycles. The largest absolute Gasteiger partial charge is 0.478 e. The fraction of sp³-hybridized carbons (Fsp3) is 0. The zero-order valence-corrected chi connectivity index (χ0v) is 11.6. The molecule has 0 aliphatic rings. The lowest BCUT2D eigenvalue weighted by molar-refractivity contribution is 0.0697. The van der Waals surface area contributed by atoms with Crippen molar-refractivity contribution in [2.45, 2.75) is 0 Å². The van der Waals surface area contributed by atoms with E-state index in [1.54, 1.807) is 16.7 Å². The number of aromatic nitrogens is 2. The van der Waals surface area contributed by atoms with Gasteiger partial charge in [0.05, 0.1) is 20.3 Å². The summed E-state index contributed by atoms with van der Waals surface area (Å²) in [6.07, 6.45) is 1.64. The molecule has 3 aromatic heterocycles. The summed E-state index contributed by atoms with van der Waals surface area (Å²) in [6, 6.07) is 6.63. The Morgan fingerprint density at radius 3 is 2.74 bits per heavy atom. The Bertz CT molecular complexity index is 794. The number of fused-ring (bicyclic) bond motifs is 1. The monoisotopic (exact) mass is 312 g/mol. The van der Waals surface area contributed by atoms with Crippen LogP contribution in [-0.4, -0.2) is 20.5 Å². The second kappa shape index (κ2) is 4.52. The number of imidazole rings is 1. The predicted octanol–water partition coefficient (Wildman–Crippen LogP) is 4.07. The highest BCUT2D eigenvalue weighted by molar-refractivity contribution is 7.19. The van der Waals surface area contributed by atoms with Gasteiger partial charge in [-0.1, -0.05) is 23.2 Å². The number of halogens is 2. The maximum atomic E-state index is 10.9. The molecule has 0 spiro atoms. The Kier molecular flexibility index (Phi) is 2.97. The van der Waals surface area contributed by atoms with E-state index in [0.29, 0.717) is 15.7 Å². The fourth-order valence-electron chi connectivity index (χ4n) is 1.79. The lowest BCUT2D eigenvalue weighted by atomic mass is 10.2. The highest BCUT2D eigenvalue weighted by atomic mass is 35.5. The molecule has 0 radical (unpaired) electrons. The van der Waals surface area contributed by atoms with Crippen LogP contribution in [0.2, 0.25) is 9.49 Å². The van der Waals surface area contributed by atoms with Crippen molar-refractivity contribution in [3.05, 3.63) is 45.5 Å². The normalized spacial score (nSPS) is 11.1. The molecular weight excluding hydrogens is 307 g/mol. The van der Waals surface area contributed by atoms with Crippen LogP contribution >= 0.6 is 34.5 Å². The summed E-state index contributed by atoms with van der Waals surface area (Å²) in [4.78, 5) is 16.1. The highest BCUT2D eigenvalue weighted by Crippen LogP contribution is 2.33. The van der Waals surface area contributed by atoms with E-state index < -0.39 is 5.97 Å². The van der Waals surface area contributed by atoms with E-state index >= 15 is 0 Å². The fourth-order valence-corrected chi connectivity index (χ4v) is 3.04. The maximum absolute atomic E-state index is 10.9. The maximum Gasteiger partial charge on any atom is 0.335 e. The number of carbonyl (C=O) groups is 1. The summed E-state index contributed by atoms with van der Waals surface area (Å²) in [7, 11) is 0. The molecule has 4 nitrogen and oxygen atoms in total. The number of nitrogens with zero attached hydrogens (tertiary/aromatic N) is 2. The van der Waals surface area contributed by atoms with Crippen LogP contribution in [0.4, 0.5) is 0 Å². The topological polar surface area (TPSA) is 54.6 Å². The molecule has 3 aromatic rings. The van der Waals surface area contributed by atoms with E-state index in [1.165, 1.54) is 23.5 Å². The van der Waals surface area contributed by atoms with Crippen molar-refractivity contribution >= 4 is 46.0 Å². The van der Waals surface area contributed by atoms with Crippen LogP contribution in [0.5, 0.6) is 0 Å². The molecular formula is C12H6Cl2N2O2S. The van der Waals surface area contributed by atoms with Crippen LogP contribution in [0.25, 0.3) is 16.2 Å². The zero-order chi connectivity index (χ0) is 13.6. The molecule has 0 aromatic carbocycles. The van der Waals surface area contributed by atoms with Crippen LogP contribution in [0.3, 0.4) is 0 Å². The number of carboxylic acid groups (broad SMARTS) is 1. The van der Waals surface area contributed by atoms with Crippen molar-refractivity contribution in [2.24, 2.45) is 0 Å². The molecule has 0 saturated heterocycles. The average Bonchev–Trinajstić information content (AvgIpc) is 2.94. The first-order chi connectivity index (χ1) is 9.06. The van der Waals surface area contributed by atoms with Gasteiger partial charge in [-0.3, -0.25) is 4.40 Å². The lowest BCUT2D eigenvalue weighted by Gasteiger charge is -2.00. The number of carboxylic acids is 1. The van der Waals surface area contributed by atoms with Crippen molar-refractivity contribution in [1.82, 2.24) is 9.38 Å². The van der Waals surface area contributed by atoms with Gasteiger partial charge in [0, 0.05) is 6.20 Å². The molecule has 1 N–H and O–H groups in total. The standard InChI is InChI=1S/C12H6Cl2N2O2S/c13-9-2-1-8(19-9)11-15-10(14)7-5-6(12(17)18)3-4-16(7)11/h1-5H,(H,17,18). The molecule has 0 bridgehead atoms. The molecule has 0 aliphatic heterocycles.